The maximum Gasteiger partial charge on any atom is 0.332 e. The molecule has 0 spiro atoms. The van der Waals surface area contributed by atoms with Crippen molar-refractivity contribution in [1.29, 1.82) is 0 Å². The molecule has 0 unspecified atom stereocenters. The predicted octanol–water partition coefficient (Wildman–Crippen LogP) is 4.00. The number of hydroxylamine groups is 6. The lowest BCUT2D eigenvalue weighted by atomic mass is 10.1. The van der Waals surface area contributed by atoms with E-state index in [1.165, 1.54) is 50.2 Å². The first-order valence-electron chi connectivity index (χ1n) is 21.1. The lowest BCUT2D eigenvalue weighted by Gasteiger charge is -2.10. The van der Waals surface area contributed by atoms with Crippen LogP contribution in [0.25, 0.3) is 11.0 Å². The van der Waals surface area contributed by atoms with Gasteiger partial charge in [0.25, 0.3) is 41.1 Å². The lowest BCUT2D eigenvalue weighted by Crippen LogP contribution is -2.31. The molecular formula is C46H36F5N7O20. The van der Waals surface area contributed by atoms with Crippen molar-refractivity contribution >= 4 is 88.0 Å². The highest BCUT2D eigenvalue weighted by Crippen LogP contribution is 2.29. The summed E-state index contributed by atoms with van der Waals surface area (Å²) in [6.07, 6.45) is 2.33. The molecule has 0 saturated carbocycles. The minimum atomic E-state index is -2.30. The Kier molecular flexibility index (Phi) is 22.2. The molecule has 8 rings (SSSR count). The van der Waals surface area contributed by atoms with E-state index in [2.05, 4.69) is 34.3 Å². The quantitative estimate of drug-likeness (QED) is 0.0256. The number of hydrogen-bond acceptors (Lipinski definition) is 22. The molecule has 4 aromatic carbocycles. The summed E-state index contributed by atoms with van der Waals surface area (Å²) in [5.41, 5.74) is 1.85. The van der Waals surface area contributed by atoms with E-state index in [0.29, 0.717) is 32.0 Å². The van der Waals surface area contributed by atoms with Crippen LogP contribution in [0.1, 0.15) is 75.1 Å². The number of amides is 6. The number of nitrogens with zero attached hydrogens (tertiary/aromatic N) is 7. The highest BCUT2D eigenvalue weighted by atomic mass is 19.2. The number of nitro benzene ring substituents is 1. The van der Waals surface area contributed by atoms with Crippen LogP contribution in [-0.4, -0.2) is 107 Å². The van der Waals surface area contributed by atoms with Crippen LogP contribution in [0.2, 0.25) is 0 Å². The third kappa shape index (κ3) is 17.5. The van der Waals surface area contributed by atoms with E-state index in [-0.39, 0.29) is 29.7 Å². The van der Waals surface area contributed by atoms with Gasteiger partial charge < -0.3 is 28.8 Å². The third-order valence-corrected chi connectivity index (χ3v) is 8.45. The Morgan fingerprint density at radius 2 is 0.923 bits per heavy atom. The van der Waals surface area contributed by atoms with E-state index in [1.807, 2.05) is 12.1 Å². The molecule has 1 aromatic heterocycles. The first kappa shape index (κ1) is 61.6. The smallest absolute Gasteiger partial charge is 0.332 e. The minimum Gasteiger partial charge on any atom is -0.427 e. The number of fused-ring (bicyclic) bond motifs is 2. The number of halogens is 5. The number of esters is 2. The Morgan fingerprint density at radius 1 is 0.513 bits per heavy atom. The molecule has 0 aliphatic carbocycles. The Bertz CT molecular complexity index is 3150. The normalized spacial score (nSPS) is 12.6. The summed E-state index contributed by atoms with van der Waals surface area (Å²) in [4.78, 5) is 157. The zero-order valence-electron chi connectivity index (χ0n) is 40.7. The number of benzene rings is 4. The summed E-state index contributed by atoms with van der Waals surface area (Å²) in [5, 5.41) is 19.1. The number of carbonyl (C=O) groups is 12. The van der Waals surface area contributed by atoms with Crippen molar-refractivity contribution in [2.75, 3.05) is 0 Å². The van der Waals surface area contributed by atoms with Crippen LogP contribution in [0.15, 0.2) is 84.9 Å². The zero-order valence-corrected chi connectivity index (χ0v) is 40.7. The fraction of sp³-hybridized carbons (Fsp3) is 0.174. The summed E-state index contributed by atoms with van der Waals surface area (Å²) in [7, 11) is 0. The van der Waals surface area contributed by atoms with Crippen molar-refractivity contribution in [2.24, 2.45) is 0 Å². The Labute approximate surface area is 432 Å². The highest BCUT2D eigenvalue weighted by molar-refractivity contribution is 6.21. The van der Waals surface area contributed by atoms with Crippen molar-refractivity contribution in [3.05, 3.63) is 135 Å². The molecule has 3 aliphatic heterocycles. The Balaban J connectivity index is 0.000000247. The summed E-state index contributed by atoms with van der Waals surface area (Å²) < 4.78 is 71.5. The van der Waals surface area contributed by atoms with Gasteiger partial charge in [-0.15, -0.1) is 10.2 Å². The maximum atomic E-state index is 12.8. The van der Waals surface area contributed by atoms with Gasteiger partial charge in [-0.25, -0.2) is 32.3 Å². The van der Waals surface area contributed by atoms with Crippen molar-refractivity contribution < 1.29 is 113 Å². The van der Waals surface area contributed by atoms with E-state index in [4.69, 9.17) is 4.84 Å². The van der Waals surface area contributed by atoms with Crippen molar-refractivity contribution in [1.82, 2.24) is 30.3 Å². The highest BCUT2D eigenvalue weighted by Gasteiger charge is 2.38. The van der Waals surface area contributed by atoms with Crippen LogP contribution >= 0.6 is 0 Å². The molecule has 4 heterocycles. The summed E-state index contributed by atoms with van der Waals surface area (Å²) >= 11 is 0. The number of nitro groups is 1. The van der Waals surface area contributed by atoms with E-state index in [1.54, 1.807) is 24.3 Å². The molecule has 6 amide bonds. The molecule has 410 valence electrons. The van der Waals surface area contributed by atoms with Crippen molar-refractivity contribution in [3.63, 3.8) is 0 Å². The van der Waals surface area contributed by atoms with Crippen LogP contribution in [-0.2, 0) is 62.5 Å². The average molecular weight is 1100 g/mol. The van der Waals surface area contributed by atoms with E-state index in [0.717, 1.165) is 44.7 Å². The van der Waals surface area contributed by atoms with Crippen molar-refractivity contribution in [2.45, 2.75) is 54.4 Å². The molecule has 1 saturated heterocycles. The molecule has 27 nitrogen and oxygen atoms in total. The summed E-state index contributed by atoms with van der Waals surface area (Å²) in [6.45, 7) is 6.72. The van der Waals surface area contributed by atoms with Gasteiger partial charge in [0.05, 0.1) is 16.1 Å². The molecule has 0 atom stereocenters. The minimum absolute atomic E-state index is 0.0316. The van der Waals surface area contributed by atoms with Crippen LogP contribution < -0.4 is 14.3 Å². The second-order valence-electron chi connectivity index (χ2n) is 14.5. The van der Waals surface area contributed by atoms with Crippen molar-refractivity contribution in [3.8, 4) is 11.5 Å². The molecular weight excluding hydrogens is 1070 g/mol. The number of non-ortho nitro benzene ring substituents is 1. The zero-order chi connectivity index (χ0) is 58.7. The largest absolute Gasteiger partial charge is 0.427 e. The molecule has 78 heavy (non-hydrogen) atoms. The monoisotopic (exact) mass is 1100 g/mol. The van der Waals surface area contributed by atoms with Gasteiger partial charge in [0.2, 0.25) is 34.8 Å². The number of imide groups is 3. The first-order valence-corrected chi connectivity index (χ1v) is 21.1. The molecule has 0 N–H and O–H groups in total. The fourth-order valence-corrected chi connectivity index (χ4v) is 5.43. The summed E-state index contributed by atoms with van der Waals surface area (Å²) in [6, 6.07) is 18.8. The summed E-state index contributed by atoms with van der Waals surface area (Å²) in [5.74, 6) is -19.8. The van der Waals surface area contributed by atoms with Crippen LogP contribution in [0.4, 0.5) is 27.6 Å². The number of ether oxygens (including phenoxy) is 2. The average Bonchev–Trinajstić information content (AvgIpc) is 4.09. The van der Waals surface area contributed by atoms with Gasteiger partial charge >= 0.3 is 35.8 Å². The second-order valence-corrected chi connectivity index (χ2v) is 14.5. The van der Waals surface area contributed by atoms with Gasteiger partial charge in [-0.05, 0) is 41.6 Å². The van der Waals surface area contributed by atoms with Gasteiger partial charge in [-0.1, -0.05) is 39.2 Å². The third-order valence-electron chi connectivity index (χ3n) is 8.45. The standard InChI is InChI=1S/C10H7NO4.C8H3F5O2.C8H7N3O2.C8H7NO4.C6H7NO4.C6H5NO4/c1-6(12)15-11-9(13)7-4-2-3-5-8(7)10(11)14;1-2(14)15-8-6(12)4(10)3(9)5(11)7(8)13;1-6(12)13-11-8-5-3-2-4-7(8)9-10-11;1-6(10)13-8-4-2-7(3-5-8)9(11)12;2*1-4(8)11-7-5(9)2-3-6(7)10/h2-5H,1H3;1H3;2*2-5H,1H3;2-3H2,1H3;2-3H,1H3. The van der Waals surface area contributed by atoms with E-state index >= 15 is 0 Å². The maximum absolute atomic E-state index is 12.8. The van der Waals surface area contributed by atoms with Gasteiger partial charge in [0.15, 0.2) is 0 Å². The Morgan fingerprint density at radius 3 is 1.36 bits per heavy atom. The van der Waals surface area contributed by atoms with E-state index in [9.17, 15) is 89.6 Å². The first-order chi connectivity index (χ1) is 36.5. The van der Waals surface area contributed by atoms with Gasteiger partial charge in [-0.2, -0.15) is 8.78 Å². The molecule has 5 aromatic rings. The van der Waals surface area contributed by atoms with Crippen LogP contribution in [0.5, 0.6) is 11.5 Å². The predicted molar refractivity (Wildman–Crippen MR) is 241 cm³/mol. The molecule has 0 radical (unpaired) electrons. The second kappa shape index (κ2) is 28.1. The van der Waals surface area contributed by atoms with Gasteiger partial charge in [0, 0.05) is 78.7 Å². The molecule has 32 heteroatoms. The van der Waals surface area contributed by atoms with Gasteiger partial charge in [-0.3, -0.25) is 48.5 Å². The van der Waals surface area contributed by atoms with E-state index < -0.39 is 111 Å². The topological polar surface area (TPSA) is 344 Å². The number of hydrogen-bond donors (Lipinski definition) is 0. The number of rotatable bonds is 7. The number of aromatic nitrogens is 3. The molecule has 1 fully saturated rings. The fourth-order valence-electron chi connectivity index (χ4n) is 5.43. The van der Waals surface area contributed by atoms with Crippen LogP contribution in [0.3, 0.4) is 0 Å². The molecule has 0 bridgehead atoms. The lowest BCUT2D eigenvalue weighted by molar-refractivity contribution is -0.384. The molecule has 3 aliphatic rings. The number of carbonyl (C=O) groups excluding carboxylic acids is 12. The Hall–Kier alpha value is -10.7. The van der Waals surface area contributed by atoms with Gasteiger partial charge in [0.1, 0.15) is 16.8 Å². The SMILES string of the molecule is CC(=O)ON1C(=O)C=CC1=O.CC(=O)ON1C(=O)CCC1=O.CC(=O)ON1C(=O)c2ccccc2C1=O.CC(=O)Oc1c(F)c(F)c(F)c(F)c1F.CC(=O)Oc1ccc([N+](=O)[O-])cc1.CC(=O)On1nnc2ccccc21. The number of para-hydroxylation sites is 1. The van der Waals surface area contributed by atoms with Crippen LogP contribution in [0, 0.1) is 39.2 Å².